The monoisotopic (exact) mass is 431 g/mol. The lowest BCUT2D eigenvalue weighted by molar-refractivity contribution is -0.140. The minimum Gasteiger partial charge on any atom is -0.376 e. The van der Waals surface area contributed by atoms with E-state index in [4.69, 9.17) is 4.74 Å². The zero-order valence-electron chi connectivity index (χ0n) is 18.3. The van der Waals surface area contributed by atoms with Crippen LogP contribution in [0.25, 0.3) is 0 Å². The predicted molar refractivity (Wildman–Crippen MR) is 116 cm³/mol. The average molecular weight is 432 g/mol. The van der Waals surface area contributed by atoms with Gasteiger partial charge in [-0.25, -0.2) is 4.39 Å². The lowest BCUT2D eigenvalue weighted by atomic mass is 9.95. The number of carbonyl (C=O) groups excluding carboxylic acids is 2. The Morgan fingerprint density at radius 1 is 1.10 bits per heavy atom. The largest absolute Gasteiger partial charge is 0.376 e. The van der Waals surface area contributed by atoms with Crippen LogP contribution in [0.1, 0.15) is 44.1 Å². The van der Waals surface area contributed by atoms with Crippen LogP contribution in [-0.4, -0.2) is 78.5 Å². The third-order valence-electron chi connectivity index (χ3n) is 6.84. The minimum absolute atomic E-state index is 0.0412. The van der Waals surface area contributed by atoms with Gasteiger partial charge in [0.2, 0.25) is 11.8 Å². The second kappa shape index (κ2) is 10.6. The average Bonchev–Trinajstić information content (AvgIpc) is 3.42. The Morgan fingerprint density at radius 3 is 2.58 bits per heavy atom. The molecule has 7 heteroatoms. The minimum atomic E-state index is -0.144. The van der Waals surface area contributed by atoms with Crippen LogP contribution in [0.5, 0.6) is 0 Å². The van der Waals surface area contributed by atoms with Crippen molar-refractivity contribution in [3.05, 3.63) is 35.6 Å². The molecule has 0 bridgehead atoms. The molecule has 31 heavy (non-hydrogen) atoms. The normalized spacial score (nSPS) is 22.9. The molecule has 4 rings (SSSR count). The molecule has 2 amide bonds. The van der Waals surface area contributed by atoms with E-state index in [1.165, 1.54) is 6.07 Å². The molecule has 170 valence electrons. The third-order valence-corrected chi connectivity index (χ3v) is 6.84. The van der Waals surface area contributed by atoms with Gasteiger partial charge in [0.15, 0.2) is 0 Å². The number of halogens is 1. The molecular weight excluding hydrogens is 397 g/mol. The van der Waals surface area contributed by atoms with Crippen molar-refractivity contribution in [1.82, 2.24) is 14.7 Å². The molecule has 3 heterocycles. The van der Waals surface area contributed by atoms with Gasteiger partial charge in [-0.15, -0.1) is 0 Å². The number of hydrogen-bond donors (Lipinski definition) is 0. The van der Waals surface area contributed by atoms with Crippen LogP contribution in [0.3, 0.4) is 0 Å². The van der Waals surface area contributed by atoms with Crippen LogP contribution >= 0.6 is 0 Å². The molecule has 0 N–H and O–H groups in total. The highest BCUT2D eigenvalue weighted by molar-refractivity contribution is 5.85. The van der Waals surface area contributed by atoms with Crippen molar-refractivity contribution in [2.24, 2.45) is 5.92 Å². The van der Waals surface area contributed by atoms with Gasteiger partial charge in [0.1, 0.15) is 5.82 Å². The van der Waals surface area contributed by atoms with Gasteiger partial charge in [0.25, 0.3) is 0 Å². The topological polar surface area (TPSA) is 53.1 Å². The summed E-state index contributed by atoms with van der Waals surface area (Å²) in [7, 11) is 0. The maximum Gasteiger partial charge on any atom is 0.242 e. The van der Waals surface area contributed by atoms with Gasteiger partial charge >= 0.3 is 0 Å². The molecule has 0 aliphatic carbocycles. The summed E-state index contributed by atoms with van der Waals surface area (Å²) >= 11 is 0. The number of amides is 2. The van der Waals surface area contributed by atoms with Gasteiger partial charge in [0.05, 0.1) is 12.6 Å². The molecular formula is C24H34FN3O3. The number of benzene rings is 1. The first-order chi connectivity index (χ1) is 15.1. The quantitative estimate of drug-likeness (QED) is 0.635. The van der Waals surface area contributed by atoms with E-state index in [9.17, 15) is 14.0 Å². The van der Waals surface area contributed by atoms with Crippen LogP contribution in [0.2, 0.25) is 0 Å². The first kappa shape index (κ1) is 22.2. The highest BCUT2D eigenvalue weighted by atomic mass is 19.1. The summed E-state index contributed by atoms with van der Waals surface area (Å²) < 4.78 is 19.8. The molecule has 3 saturated heterocycles. The van der Waals surface area contributed by atoms with Gasteiger partial charge in [0, 0.05) is 44.8 Å². The molecule has 1 atom stereocenters. The van der Waals surface area contributed by atoms with Crippen molar-refractivity contribution in [3.63, 3.8) is 0 Å². The number of rotatable bonds is 8. The SMILES string of the molecule is O=C1CCCN1CC(=O)N(CC1CCN(Cc2ccccc2F)CC1)CC1CCCO1. The summed E-state index contributed by atoms with van der Waals surface area (Å²) in [6.45, 7) is 5.44. The fraction of sp³-hybridized carbons (Fsp3) is 0.667. The first-order valence-electron chi connectivity index (χ1n) is 11.7. The summed E-state index contributed by atoms with van der Waals surface area (Å²) in [6.07, 6.45) is 5.54. The zero-order valence-corrected chi connectivity index (χ0v) is 18.3. The molecule has 3 aliphatic heterocycles. The van der Waals surface area contributed by atoms with Crippen LogP contribution in [0.4, 0.5) is 4.39 Å². The van der Waals surface area contributed by atoms with Crippen molar-refractivity contribution in [3.8, 4) is 0 Å². The van der Waals surface area contributed by atoms with E-state index in [-0.39, 0.29) is 30.3 Å². The summed E-state index contributed by atoms with van der Waals surface area (Å²) in [4.78, 5) is 31.0. The molecule has 3 fully saturated rings. The van der Waals surface area contributed by atoms with Crippen LogP contribution in [0.15, 0.2) is 24.3 Å². The Labute approximate surface area is 184 Å². The number of piperidine rings is 1. The van der Waals surface area contributed by atoms with Crippen LogP contribution in [0, 0.1) is 11.7 Å². The van der Waals surface area contributed by atoms with E-state index in [2.05, 4.69) is 4.90 Å². The second-order valence-corrected chi connectivity index (χ2v) is 9.16. The summed E-state index contributed by atoms with van der Waals surface area (Å²) in [5, 5.41) is 0. The highest BCUT2D eigenvalue weighted by Gasteiger charge is 2.30. The van der Waals surface area contributed by atoms with Crippen LogP contribution in [-0.2, 0) is 20.9 Å². The molecule has 0 saturated carbocycles. The lowest BCUT2D eigenvalue weighted by Gasteiger charge is -2.36. The van der Waals surface area contributed by atoms with Gasteiger partial charge in [-0.1, -0.05) is 18.2 Å². The standard InChI is InChI=1S/C24H34FN3O3/c25-22-7-2-1-5-20(22)16-26-12-9-19(10-13-26)15-28(17-21-6-4-14-31-21)24(30)18-27-11-3-8-23(27)29/h1-2,5,7,19,21H,3-4,6,8-18H2. The molecule has 0 spiro atoms. The van der Waals surface area contributed by atoms with Gasteiger partial charge in [-0.3, -0.25) is 14.5 Å². The smallest absolute Gasteiger partial charge is 0.242 e. The van der Waals surface area contributed by atoms with E-state index in [1.807, 2.05) is 17.0 Å². The van der Waals surface area contributed by atoms with Gasteiger partial charge in [-0.2, -0.15) is 0 Å². The summed E-state index contributed by atoms with van der Waals surface area (Å²) in [6, 6.07) is 6.97. The number of likely N-dealkylation sites (tertiary alicyclic amines) is 2. The van der Waals surface area contributed by atoms with Crippen molar-refractivity contribution in [1.29, 1.82) is 0 Å². The molecule has 3 aliphatic rings. The Balaban J connectivity index is 1.30. The second-order valence-electron chi connectivity index (χ2n) is 9.16. The van der Waals surface area contributed by atoms with E-state index in [0.29, 0.717) is 38.5 Å². The maximum atomic E-state index is 14.0. The van der Waals surface area contributed by atoms with E-state index in [0.717, 1.165) is 57.4 Å². The fourth-order valence-corrected chi connectivity index (χ4v) is 4.95. The Morgan fingerprint density at radius 2 is 1.90 bits per heavy atom. The molecule has 1 aromatic carbocycles. The van der Waals surface area contributed by atoms with E-state index < -0.39 is 0 Å². The summed E-state index contributed by atoms with van der Waals surface area (Å²) in [5.41, 5.74) is 0.742. The number of carbonyl (C=O) groups is 2. The molecule has 1 unspecified atom stereocenters. The van der Waals surface area contributed by atoms with Crippen molar-refractivity contribution < 1.29 is 18.7 Å². The Bertz CT molecular complexity index is 760. The Hall–Kier alpha value is -1.99. The molecule has 0 aromatic heterocycles. The van der Waals surface area contributed by atoms with Crippen molar-refractivity contribution >= 4 is 11.8 Å². The Kier molecular flexibility index (Phi) is 7.56. The fourth-order valence-electron chi connectivity index (χ4n) is 4.95. The molecule has 1 aromatic rings. The van der Waals surface area contributed by atoms with Gasteiger partial charge in [-0.05, 0) is 57.2 Å². The number of nitrogens with zero attached hydrogens (tertiary/aromatic N) is 3. The lowest BCUT2D eigenvalue weighted by Crippen LogP contribution is -2.47. The summed E-state index contributed by atoms with van der Waals surface area (Å²) in [5.74, 6) is 0.414. The molecule has 6 nitrogen and oxygen atoms in total. The predicted octanol–water partition coefficient (Wildman–Crippen LogP) is 2.67. The van der Waals surface area contributed by atoms with E-state index >= 15 is 0 Å². The third kappa shape index (κ3) is 6.04. The van der Waals surface area contributed by atoms with Crippen molar-refractivity contribution in [2.45, 2.75) is 51.2 Å². The molecule has 0 radical (unpaired) electrons. The van der Waals surface area contributed by atoms with Gasteiger partial charge < -0.3 is 14.5 Å². The highest BCUT2D eigenvalue weighted by Crippen LogP contribution is 2.23. The van der Waals surface area contributed by atoms with Crippen LogP contribution < -0.4 is 0 Å². The number of ether oxygens (including phenoxy) is 1. The number of hydrogen-bond acceptors (Lipinski definition) is 4. The zero-order chi connectivity index (χ0) is 21.6. The first-order valence-corrected chi connectivity index (χ1v) is 11.7. The maximum absolute atomic E-state index is 14.0. The van der Waals surface area contributed by atoms with E-state index in [1.54, 1.807) is 11.0 Å². The van der Waals surface area contributed by atoms with Crippen molar-refractivity contribution in [2.75, 3.05) is 45.9 Å².